The van der Waals surface area contributed by atoms with Gasteiger partial charge in [-0.05, 0) is 38.5 Å². The molecule has 0 saturated carbocycles. The first-order valence-electron chi connectivity index (χ1n) is 22.2. The Morgan fingerprint density at radius 3 is 1.00 bits per heavy atom. The van der Waals surface area contributed by atoms with Gasteiger partial charge in [0, 0.05) is 25.0 Å². The van der Waals surface area contributed by atoms with E-state index in [1.165, 1.54) is 146 Å². The molecule has 0 fully saturated rings. The van der Waals surface area contributed by atoms with Gasteiger partial charge < -0.3 is 18.5 Å². The maximum Gasteiger partial charge on any atom is 0.308 e. The fourth-order valence-corrected chi connectivity index (χ4v) is 7.08. The first-order chi connectivity index (χ1) is 25.0. The molecule has 9 heteroatoms. The van der Waals surface area contributed by atoms with Crippen molar-refractivity contribution in [3.8, 4) is 0 Å². The van der Waals surface area contributed by atoms with Crippen LogP contribution in [0.3, 0.4) is 0 Å². The van der Waals surface area contributed by atoms with Gasteiger partial charge in [-0.3, -0.25) is 9.59 Å². The summed E-state index contributed by atoms with van der Waals surface area (Å²) in [6.45, 7) is 19.4. The highest BCUT2D eigenvalue weighted by Crippen LogP contribution is 2.17. The van der Waals surface area contributed by atoms with Crippen LogP contribution in [0.4, 0.5) is 0 Å². The van der Waals surface area contributed by atoms with Gasteiger partial charge in [-0.15, -0.1) is 0 Å². The Labute approximate surface area is 323 Å². The largest absolute Gasteiger partial charge is 0.748 e. The van der Waals surface area contributed by atoms with E-state index in [1.807, 2.05) is 0 Å². The minimum atomic E-state index is -4.50. The van der Waals surface area contributed by atoms with Crippen LogP contribution in [0.5, 0.6) is 0 Å². The van der Waals surface area contributed by atoms with Gasteiger partial charge in [0.15, 0.2) is 0 Å². The van der Waals surface area contributed by atoms with E-state index in [2.05, 4.69) is 41.5 Å². The highest BCUT2D eigenvalue weighted by Gasteiger charge is 2.25. The molecule has 0 spiro atoms. The molecule has 0 aromatic carbocycles. The summed E-state index contributed by atoms with van der Waals surface area (Å²) in [6.07, 6.45) is 29.9. The van der Waals surface area contributed by atoms with Crippen molar-refractivity contribution in [1.82, 2.24) is 0 Å². The number of ether oxygens (including phenoxy) is 2. The Balaban J connectivity index is 0. The van der Waals surface area contributed by atoms with Gasteiger partial charge in [0.1, 0.15) is 0 Å². The minimum Gasteiger partial charge on any atom is -0.748 e. The van der Waals surface area contributed by atoms with E-state index in [0.717, 1.165) is 38.5 Å². The van der Waals surface area contributed by atoms with Crippen LogP contribution in [0.2, 0.25) is 0 Å². The topological polar surface area (TPSA) is 110 Å². The maximum absolute atomic E-state index is 12.2. The molecule has 0 aliphatic carbocycles. The summed E-state index contributed by atoms with van der Waals surface area (Å²) < 4.78 is 44.8. The normalized spacial score (nSPS) is 11.8. The zero-order chi connectivity index (χ0) is 39.2. The summed E-state index contributed by atoms with van der Waals surface area (Å²) in [4.78, 5) is 24.3. The van der Waals surface area contributed by atoms with Crippen molar-refractivity contribution in [3.63, 3.8) is 0 Å². The minimum absolute atomic E-state index is 0.187. The Morgan fingerprint density at radius 2 is 0.731 bits per heavy atom. The van der Waals surface area contributed by atoms with Crippen LogP contribution < -0.4 is 0 Å². The predicted octanol–water partition coefficient (Wildman–Crippen LogP) is 12.2. The molecule has 0 aliphatic heterocycles. The Kier molecular flexibility index (Phi) is 38.8. The molecule has 312 valence electrons. The summed E-state index contributed by atoms with van der Waals surface area (Å²) in [5.74, 6) is -1.80. The number of hydrogen-bond donors (Lipinski definition) is 0. The second kappa shape index (κ2) is 38.1. The zero-order valence-electron chi connectivity index (χ0n) is 35.3. The second-order valence-electron chi connectivity index (χ2n) is 15.3. The van der Waals surface area contributed by atoms with E-state index in [0.29, 0.717) is 12.8 Å². The van der Waals surface area contributed by atoms with Crippen LogP contribution in [0.25, 0.3) is 0 Å². The van der Waals surface area contributed by atoms with Crippen LogP contribution in [-0.2, 0) is 29.2 Å². The molecular formula is C43H87NO7S. The van der Waals surface area contributed by atoms with Crippen molar-refractivity contribution in [3.05, 3.63) is 0 Å². The molecule has 52 heavy (non-hydrogen) atoms. The Morgan fingerprint density at radius 1 is 0.462 bits per heavy atom. The zero-order valence-corrected chi connectivity index (χ0v) is 36.1. The molecule has 8 nitrogen and oxygen atoms in total. The van der Waals surface area contributed by atoms with Crippen LogP contribution >= 0.6 is 0 Å². The molecule has 0 amide bonds. The van der Waals surface area contributed by atoms with Crippen molar-refractivity contribution in [1.29, 1.82) is 0 Å². The lowest BCUT2D eigenvalue weighted by atomic mass is 10.1. The van der Waals surface area contributed by atoms with Gasteiger partial charge in [-0.2, -0.15) is 0 Å². The van der Waals surface area contributed by atoms with Crippen molar-refractivity contribution in [2.24, 2.45) is 0 Å². The van der Waals surface area contributed by atoms with E-state index in [4.69, 9.17) is 9.47 Å². The smallest absolute Gasteiger partial charge is 0.308 e. The van der Waals surface area contributed by atoms with Crippen molar-refractivity contribution in [2.75, 3.05) is 31.9 Å². The van der Waals surface area contributed by atoms with E-state index in [-0.39, 0.29) is 19.3 Å². The number of rotatable bonds is 37. The van der Waals surface area contributed by atoms with Crippen molar-refractivity contribution < 1.29 is 36.5 Å². The molecule has 0 aromatic heterocycles. The number of quaternary nitrogens is 1. The number of hydrogen-bond acceptors (Lipinski definition) is 7. The highest BCUT2D eigenvalue weighted by atomic mass is 32.2. The lowest BCUT2D eigenvalue weighted by Crippen LogP contribution is -2.50. The lowest BCUT2D eigenvalue weighted by Gasteiger charge is -2.39. The average molecular weight is 762 g/mol. The van der Waals surface area contributed by atoms with Crippen LogP contribution in [0.1, 0.15) is 228 Å². The van der Waals surface area contributed by atoms with E-state index < -0.39 is 34.1 Å². The third-order valence-corrected chi connectivity index (χ3v) is 10.8. The summed E-state index contributed by atoms with van der Waals surface area (Å²) in [5.41, 5.74) is 0. The van der Waals surface area contributed by atoms with Gasteiger partial charge in [0.05, 0.1) is 36.3 Å². The number of carbonyl (C=O) groups is 2. The number of esters is 2. The van der Waals surface area contributed by atoms with Crippen molar-refractivity contribution in [2.45, 2.75) is 234 Å². The maximum atomic E-state index is 12.2. The van der Waals surface area contributed by atoms with Crippen molar-refractivity contribution >= 4 is 22.1 Å². The molecule has 0 heterocycles. The molecule has 0 rings (SSSR count). The quantitative estimate of drug-likeness (QED) is 0.0204. The van der Waals surface area contributed by atoms with Crippen LogP contribution in [0, 0.1) is 0 Å². The van der Waals surface area contributed by atoms with Crippen LogP contribution in [-0.4, -0.2) is 67.6 Å². The third kappa shape index (κ3) is 37.1. The average Bonchev–Trinajstić information content (AvgIpc) is 3.12. The molecule has 0 unspecified atom stereocenters. The SMILES string of the molecule is CCCCCCCCCCCC(=O)OC(CCS(=O)(=O)[O-])OC(=O)CCCCCCCCCCC.CCCC[N+](CCCC)(CCCC)CCCC. The van der Waals surface area contributed by atoms with Gasteiger partial charge in [-0.25, -0.2) is 8.42 Å². The molecule has 0 N–H and O–H groups in total. The molecule has 0 bridgehead atoms. The van der Waals surface area contributed by atoms with E-state index >= 15 is 0 Å². The monoisotopic (exact) mass is 762 g/mol. The predicted molar refractivity (Wildman–Crippen MR) is 218 cm³/mol. The summed E-state index contributed by atoms with van der Waals surface area (Å²) in [7, 11) is -4.50. The molecule has 0 radical (unpaired) electrons. The number of nitrogens with zero attached hydrogens (tertiary/aromatic N) is 1. The van der Waals surface area contributed by atoms with Crippen LogP contribution in [0.15, 0.2) is 0 Å². The molecular weight excluding hydrogens is 675 g/mol. The number of unbranched alkanes of at least 4 members (excludes halogenated alkanes) is 20. The fourth-order valence-electron chi connectivity index (χ4n) is 6.60. The molecule has 0 saturated heterocycles. The molecule has 0 aromatic rings. The molecule has 0 atom stereocenters. The third-order valence-electron chi connectivity index (χ3n) is 10.0. The van der Waals surface area contributed by atoms with E-state index in [9.17, 15) is 22.6 Å². The van der Waals surface area contributed by atoms with Gasteiger partial charge >= 0.3 is 11.9 Å². The van der Waals surface area contributed by atoms with Gasteiger partial charge in [0.25, 0.3) is 0 Å². The van der Waals surface area contributed by atoms with Gasteiger partial charge in [0.2, 0.25) is 6.29 Å². The van der Waals surface area contributed by atoms with E-state index in [1.54, 1.807) is 0 Å². The Bertz CT molecular complexity index is 822. The standard InChI is InChI=1S/C27H52O7S.C16H36N/c1-3-5-7-9-11-13-15-17-19-21-25(28)33-27(23-24-35(30,31)32)34-26(29)22-20-18-16-14-12-10-8-6-4-2;1-5-9-13-17(14-10-6-2,15-11-7-3)16-12-8-4/h27H,3-24H2,1-2H3,(H,30,31,32);5-16H2,1-4H3/q;+1/p-1. The van der Waals surface area contributed by atoms with Gasteiger partial charge in [-0.1, -0.05) is 170 Å². The first kappa shape index (κ1) is 52.9. The Hall–Kier alpha value is -1.19. The highest BCUT2D eigenvalue weighted by molar-refractivity contribution is 7.85. The summed E-state index contributed by atoms with van der Waals surface area (Å²) in [5, 5.41) is 0. The first-order valence-corrected chi connectivity index (χ1v) is 23.8. The second-order valence-corrected chi connectivity index (χ2v) is 16.8. The summed E-state index contributed by atoms with van der Waals surface area (Å²) in [6, 6.07) is 0. The molecule has 0 aliphatic rings. The fraction of sp³-hybridized carbons (Fsp3) is 0.953. The lowest BCUT2D eigenvalue weighted by molar-refractivity contribution is -0.929. The summed E-state index contributed by atoms with van der Waals surface area (Å²) >= 11 is 0. The number of carbonyl (C=O) groups excluding carboxylic acids is 2.